The predicted octanol–water partition coefficient (Wildman–Crippen LogP) is 5.70. The van der Waals surface area contributed by atoms with Gasteiger partial charge in [0, 0.05) is 6.54 Å². The van der Waals surface area contributed by atoms with Crippen molar-refractivity contribution in [2.24, 2.45) is 4.99 Å². The molecular weight excluding hydrogens is 458 g/mol. The van der Waals surface area contributed by atoms with Gasteiger partial charge < -0.3 is 9.47 Å². The topological polar surface area (TPSA) is 51.1 Å². The van der Waals surface area contributed by atoms with Gasteiger partial charge in [0.1, 0.15) is 11.6 Å². The first-order chi connectivity index (χ1) is 16.5. The second kappa shape index (κ2) is 10.5. The summed E-state index contributed by atoms with van der Waals surface area (Å²) in [6, 6.07) is 17.3. The standard InChI is InChI=1S/C26H22F2N2O3S/c1-32-22-12-5-18(15-23(22)33-2)16-24-25(31)30(21-10-8-20(28)9-11-21)26(34-24)29-14-13-17-3-6-19(27)7-4-17/h3-12,15-16H,13-14H2,1-2H3/b24-16-,29-26-. The highest BCUT2D eigenvalue weighted by Gasteiger charge is 2.34. The lowest BCUT2D eigenvalue weighted by atomic mass is 10.1. The minimum absolute atomic E-state index is 0.257. The van der Waals surface area contributed by atoms with Gasteiger partial charge in [-0.2, -0.15) is 0 Å². The fourth-order valence-electron chi connectivity index (χ4n) is 3.42. The molecule has 0 unspecified atom stereocenters. The van der Waals surface area contributed by atoms with Crippen LogP contribution >= 0.6 is 11.8 Å². The molecule has 0 aromatic heterocycles. The summed E-state index contributed by atoms with van der Waals surface area (Å²) < 4.78 is 37.3. The highest BCUT2D eigenvalue weighted by molar-refractivity contribution is 8.19. The van der Waals surface area contributed by atoms with Crippen molar-refractivity contribution in [3.05, 3.63) is 94.4 Å². The van der Waals surface area contributed by atoms with Crippen LogP contribution in [0.5, 0.6) is 11.5 Å². The molecule has 0 bridgehead atoms. The van der Waals surface area contributed by atoms with Crippen LogP contribution in [0.3, 0.4) is 0 Å². The maximum atomic E-state index is 13.5. The molecule has 0 spiro atoms. The molecule has 1 fully saturated rings. The van der Waals surface area contributed by atoms with Gasteiger partial charge in [-0.05, 0) is 83.9 Å². The van der Waals surface area contributed by atoms with Crippen LogP contribution in [0.4, 0.5) is 14.5 Å². The molecule has 1 saturated heterocycles. The zero-order valence-electron chi connectivity index (χ0n) is 18.6. The summed E-state index contributed by atoms with van der Waals surface area (Å²) in [6.07, 6.45) is 2.35. The molecule has 1 aliphatic heterocycles. The summed E-state index contributed by atoms with van der Waals surface area (Å²) in [4.78, 5) is 19.9. The van der Waals surface area contributed by atoms with Gasteiger partial charge in [-0.15, -0.1) is 0 Å². The largest absolute Gasteiger partial charge is 0.493 e. The number of amidine groups is 1. The molecule has 3 aromatic carbocycles. The van der Waals surface area contributed by atoms with Gasteiger partial charge in [0.05, 0.1) is 24.8 Å². The summed E-state index contributed by atoms with van der Waals surface area (Å²) in [5.41, 5.74) is 2.23. The van der Waals surface area contributed by atoms with Crippen molar-refractivity contribution in [3.8, 4) is 11.5 Å². The van der Waals surface area contributed by atoms with Crippen LogP contribution in [0.1, 0.15) is 11.1 Å². The third-order valence-electron chi connectivity index (χ3n) is 5.16. The Hall–Kier alpha value is -3.65. The maximum absolute atomic E-state index is 13.5. The number of ether oxygens (including phenoxy) is 2. The van der Waals surface area contributed by atoms with E-state index in [9.17, 15) is 13.6 Å². The van der Waals surface area contributed by atoms with Crippen LogP contribution in [0.15, 0.2) is 76.6 Å². The van der Waals surface area contributed by atoms with Crippen LogP contribution in [-0.2, 0) is 11.2 Å². The van der Waals surface area contributed by atoms with Gasteiger partial charge in [-0.3, -0.25) is 14.7 Å². The second-order valence-corrected chi connectivity index (χ2v) is 8.39. The number of aliphatic imine (C=N–C) groups is 1. The monoisotopic (exact) mass is 480 g/mol. The van der Waals surface area contributed by atoms with Gasteiger partial charge in [0.2, 0.25) is 0 Å². The predicted molar refractivity (Wildman–Crippen MR) is 131 cm³/mol. The molecule has 1 amide bonds. The minimum Gasteiger partial charge on any atom is -0.493 e. The molecule has 34 heavy (non-hydrogen) atoms. The number of thioether (sulfide) groups is 1. The van der Waals surface area contributed by atoms with Gasteiger partial charge in [-0.25, -0.2) is 8.78 Å². The lowest BCUT2D eigenvalue weighted by Crippen LogP contribution is -2.29. The third-order valence-corrected chi connectivity index (χ3v) is 6.16. The van der Waals surface area contributed by atoms with Crippen LogP contribution in [-0.4, -0.2) is 31.8 Å². The molecule has 4 rings (SSSR count). The summed E-state index contributed by atoms with van der Waals surface area (Å²) in [6.45, 7) is 0.405. The lowest BCUT2D eigenvalue weighted by Gasteiger charge is -2.15. The van der Waals surface area contributed by atoms with E-state index in [4.69, 9.17) is 9.47 Å². The molecule has 0 radical (unpaired) electrons. The van der Waals surface area contributed by atoms with E-state index in [0.29, 0.717) is 40.2 Å². The first-order valence-electron chi connectivity index (χ1n) is 10.5. The molecule has 1 heterocycles. The van der Waals surface area contributed by atoms with E-state index in [1.165, 1.54) is 40.9 Å². The Morgan fingerprint density at radius 3 is 2.21 bits per heavy atom. The van der Waals surface area contributed by atoms with Crippen molar-refractivity contribution in [2.45, 2.75) is 6.42 Å². The Morgan fingerprint density at radius 2 is 1.56 bits per heavy atom. The molecule has 3 aromatic rings. The quantitative estimate of drug-likeness (QED) is 0.407. The number of anilines is 1. The summed E-state index contributed by atoms with van der Waals surface area (Å²) >= 11 is 1.24. The number of carbonyl (C=O) groups excluding carboxylic acids is 1. The van der Waals surface area contributed by atoms with E-state index < -0.39 is 0 Å². The average Bonchev–Trinajstić information content (AvgIpc) is 3.15. The third kappa shape index (κ3) is 5.28. The van der Waals surface area contributed by atoms with Gasteiger partial charge >= 0.3 is 0 Å². The zero-order chi connectivity index (χ0) is 24.1. The number of carbonyl (C=O) groups is 1. The number of amides is 1. The Bertz CT molecular complexity index is 1240. The number of benzene rings is 3. The maximum Gasteiger partial charge on any atom is 0.271 e. The van der Waals surface area contributed by atoms with E-state index in [2.05, 4.69) is 4.99 Å². The summed E-state index contributed by atoms with van der Waals surface area (Å²) in [5, 5.41) is 0.491. The van der Waals surface area contributed by atoms with Crippen LogP contribution in [0.2, 0.25) is 0 Å². The lowest BCUT2D eigenvalue weighted by molar-refractivity contribution is -0.113. The molecule has 8 heteroatoms. The number of nitrogens with zero attached hydrogens (tertiary/aromatic N) is 2. The summed E-state index contributed by atoms with van der Waals surface area (Å²) in [5.74, 6) is 0.201. The van der Waals surface area contributed by atoms with E-state index >= 15 is 0 Å². The number of methoxy groups -OCH3 is 2. The fraction of sp³-hybridized carbons (Fsp3) is 0.154. The highest BCUT2D eigenvalue weighted by Crippen LogP contribution is 2.37. The van der Waals surface area contributed by atoms with Crippen molar-refractivity contribution in [3.63, 3.8) is 0 Å². The molecule has 5 nitrogen and oxygen atoms in total. The number of hydrogen-bond donors (Lipinski definition) is 0. The van der Waals surface area contributed by atoms with E-state index in [1.54, 1.807) is 56.7 Å². The second-order valence-electron chi connectivity index (χ2n) is 7.38. The van der Waals surface area contributed by atoms with Gasteiger partial charge in [0.25, 0.3) is 5.91 Å². The normalized spacial score (nSPS) is 15.9. The van der Waals surface area contributed by atoms with Crippen molar-refractivity contribution in [2.75, 3.05) is 25.7 Å². The van der Waals surface area contributed by atoms with E-state index in [-0.39, 0.29) is 17.5 Å². The van der Waals surface area contributed by atoms with E-state index in [0.717, 1.165) is 11.1 Å². The first-order valence-corrected chi connectivity index (χ1v) is 11.3. The smallest absolute Gasteiger partial charge is 0.271 e. The molecular formula is C26H22F2N2O3S. The molecule has 1 aliphatic rings. The van der Waals surface area contributed by atoms with E-state index in [1.807, 2.05) is 6.07 Å². The van der Waals surface area contributed by atoms with Gasteiger partial charge in [-0.1, -0.05) is 18.2 Å². The Balaban J connectivity index is 1.63. The van der Waals surface area contributed by atoms with Crippen molar-refractivity contribution in [1.29, 1.82) is 0 Å². The van der Waals surface area contributed by atoms with Crippen molar-refractivity contribution in [1.82, 2.24) is 0 Å². The number of halogens is 2. The van der Waals surface area contributed by atoms with Crippen LogP contribution in [0.25, 0.3) is 6.08 Å². The molecule has 174 valence electrons. The Kier molecular flexibility index (Phi) is 7.27. The number of hydrogen-bond acceptors (Lipinski definition) is 5. The SMILES string of the molecule is COc1ccc(/C=C2\S/C(=N\CCc3ccc(F)cc3)N(c3ccc(F)cc3)C2=O)cc1OC. The zero-order valence-corrected chi connectivity index (χ0v) is 19.4. The van der Waals surface area contributed by atoms with Crippen molar-refractivity contribution < 1.29 is 23.0 Å². The first kappa shape index (κ1) is 23.5. The van der Waals surface area contributed by atoms with Crippen LogP contribution in [0, 0.1) is 11.6 Å². The molecule has 0 aliphatic carbocycles. The Morgan fingerprint density at radius 1 is 0.912 bits per heavy atom. The molecule has 0 N–H and O–H groups in total. The van der Waals surface area contributed by atoms with Crippen molar-refractivity contribution >= 4 is 34.6 Å². The average molecular weight is 481 g/mol. The van der Waals surface area contributed by atoms with Gasteiger partial charge in [0.15, 0.2) is 16.7 Å². The minimum atomic E-state index is -0.390. The molecule has 0 saturated carbocycles. The Labute approximate surface area is 200 Å². The highest BCUT2D eigenvalue weighted by atomic mass is 32.2. The van der Waals surface area contributed by atoms with Crippen LogP contribution < -0.4 is 14.4 Å². The number of rotatable bonds is 7. The summed E-state index contributed by atoms with van der Waals surface area (Å²) in [7, 11) is 3.11. The fourth-order valence-corrected chi connectivity index (χ4v) is 4.43. The molecule has 0 atom stereocenters.